The van der Waals surface area contributed by atoms with Gasteiger partial charge in [0.2, 0.25) is 0 Å². The molecule has 1 aromatic heterocycles. The second-order valence-corrected chi connectivity index (χ2v) is 20.5. The molecule has 9 aromatic carbocycles. The van der Waals surface area contributed by atoms with Crippen molar-refractivity contribution in [2.45, 2.75) is 53.9 Å². The molecule has 0 spiro atoms. The molecule has 0 fully saturated rings. The zero-order chi connectivity index (χ0) is 47.0. The zero-order valence-corrected chi connectivity index (χ0v) is 40.4. The van der Waals surface area contributed by atoms with E-state index < -0.39 is 0 Å². The molecule has 336 valence electrons. The van der Waals surface area contributed by atoms with Crippen LogP contribution in [-0.4, -0.2) is 11.7 Å². The molecule has 0 radical (unpaired) electrons. The minimum atomic E-state index is 0.189. The Hall–Kier alpha value is -7.62. The van der Waals surface area contributed by atoms with Crippen LogP contribution in [-0.2, 0) is 0 Å². The van der Waals surface area contributed by atoms with Gasteiger partial charge >= 0.3 is 0 Å². The van der Waals surface area contributed by atoms with Crippen LogP contribution in [0, 0.1) is 10.8 Å². The molecule has 68 heavy (non-hydrogen) atoms. The van der Waals surface area contributed by atoms with Gasteiger partial charge in [0.15, 0.2) is 0 Å². The summed E-state index contributed by atoms with van der Waals surface area (Å²) in [4.78, 5) is 2.32. The molecule has 0 aliphatic heterocycles. The average Bonchev–Trinajstić information content (AvgIpc) is 3.69. The van der Waals surface area contributed by atoms with Crippen LogP contribution in [0.3, 0.4) is 0 Å². The molecule has 3 heteroatoms. The topological polar surface area (TPSA) is 17.4 Å². The first-order valence-corrected chi connectivity index (χ1v) is 23.9. The number of aromatic nitrogens is 1. The molecule has 0 amide bonds. The van der Waals surface area contributed by atoms with Gasteiger partial charge in [-0.05, 0) is 158 Å². The second-order valence-electron chi connectivity index (χ2n) is 20.5. The number of hydrogen-bond acceptors (Lipinski definition) is 2. The number of para-hydroxylation sites is 1. The summed E-state index contributed by atoms with van der Waals surface area (Å²) in [6, 6.07) is 79.6. The lowest BCUT2D eigenvalue weighted by Gasteiger charge is -2.36. The zero-order valence-electron chi connectivity index (χ0n) is 40.4. The Labute approximate surface area is 403 Å². The van der Waals surface area contributed by atoms with Crippen molar-refractivity contribution >= 4 is 38.9 Å². The Bertz CT molecular complexity index is 3300. The Kier molecular flexibility index (Phi) is 11.9. The number of nitrogens with zero attached hydrogens (tertiary/aromatic N) is 2. The first kappa shape index (κ1) is 44.2. The molecule has 10 rings (SSSR count). The van der Waals surface area contributed by atoms with Gasteiger partial charge in [-0.3, -0.25) is 0 Å². The Morgan fingerprint density at radius 1 is 0.412 bits per heavy atom. The highest BCUT2D eigenvalue weighted by molar-refractivity contribution is 6.11. The number of rotatable bonds is 11. The van der Waals surface area contributed by atoms with Gasteiger partial charge in [0.25, 0.3) is 0 Å². The van der Waals surface area contributed by atoms with E-state index in [1.54, 1.807) is 7.11 Å². The van der Waals surface area contributed by atoms with E-state index in [1.807, 2.05) is 12.1 Å². The molecule has 1 heterocycles. The highest BCUT2D eigenvalue weighted by Gasteiger charge is 2.30. The second kappa shape index (κ2) is 18.2. The predicted molar refractivity (Wildman–Crippen MR) is 290 cm³/mol. The van der Waals surface area contributed by atoms with Crippen LogP contribution in [0.15, 0.2) is 218 Å². The van der Waals surface area contributed by atoms with Crippen molar-refractivity contribution in [2.75, 3.05) is 12.0 Å². The maximum Gasteiger partial charge on any atom is 0.119 e. The monoisotopic (exact) mass is 884 g/mol. The average molecular weight is 885 g/mol. The minimum Gasteiger partial charge on any atom is -0.497 e. The molecule has 1 unspecified atom stereocenters. The van der Waals surface area contributed by atoms with Gasteiger partial charge in [0.05, 0.1) is 18.1 Å². The molecule has 10 aromatic rings. The van der Waals surface area contributed by atoms with E-state index in [-0.39, 0.29) is 10.8 Å². The van der Waals surface area contributed by atoms with Crippen LogP contribution in [0.2, 0.25) is 0 Å². The lowest BCUT2D eigenvalue weighted by Crippen LogP contribution is -2.23. The van der Waals surface area contributed by atoms with E-state index >= 15 is 0 Å². The van der Waals surface area contributed by atoms with Crippen LogP contribution >= 0.6 is 0 Å². The first-order chi connectivity index (χ1) is 32.9. The highest BCUT2D eigenvalue weighted by atomic mass is 16.5. The van der Waals surface area contributed by atoms with E-state index in [0.29, 0.717) is 5.92 Å². The van der Waals surface area contributed by atoms with Crippen molar-refractivity contribution < 1.29 is 4.74 Å². The number of benzene rings is 9. The standard InChI is InChI=1S/C65H60N2O/c1-64(2,3)44-61(65(4,5)6)51-24-22-47(23-25-51)46-18-20-49(21-19-46)52-30-40-62-59(42-52)60-43-53(31-41-63(60)67(62)57-36-38-58(68-7)39-37-57)50-28-34-56(35-29-50)66(54-16-12-9-13-17-54)55-32-26-48(27-33-55)45-14-10-8-11-15-45/h8-43,61H,44H2,1-7H3. The maximum absolute atomic E-state index is 5.55. The van der Waals surface area contributed by atoms with Crippen LogP contribution < -0.4 is 9.64 Å². The lowest BCUT2D eigenvalue weighted by atomic mass is 9.69. The summed E-state index contributed by atoms with van der Waals surface area (Å²) in [6.45, 7) is 14.2. The summed E-state index contributed by atoms with van der Waals surface area (Å²) in [6.07, 6.45) is 1.16. The van der Waals surface area contributed by atoms with Crippen molar-refractivity contribution in [3.63, 3.8) is 0 Å². The normalized spacial score (nSPS) is 12.3. The molecule has 0 aliphatic carbocycles. The van der Waals surface area contributed by atoms with Crippen molar-refractivity contribution in [3.8, 4) is 55.9 Å². The van der Waals surface area contributed by atoms with Gasteiger partial charge < -0.3 is 14.2 Å². The van der Waals surface area contributed by atoms with E-state index in [0.717, 1.165) is 51.5 Å². The third-order valence-corrected chi connectivity index (χ3v) is 13.5. The molecule has 0 N–H and O–H groups in total. The Morgan fingerprint density at radius 3 is 1.24 bits per heavy atom. The maximum atomic E-state index is 5.55. The number of methoxy groups -OCH3 is 1. The first-order valence-electron chi connectivity index (χ1n) is 23.9. The van der Waals surface area contributed by atoms with Crippen LogP contribution in [0.5, 0.6) is 5.75 Å². The van der Waals surface area contributed by atoms with E-state index in [4.69, 9.17) is 4.74 Å². The SMILES string of the molecule is COc1ccc(-n2c3ccc(-c4ccc(-c5ccc(C(CC(C)(C)C)C(C)(C)C)cc5)cc4)cc3c3cc(-c4ccc(N(c5ccccc5)c5ccc(-c6ccccc6)cc5)cc4)ccc32)cc1. The number of anilines is 3. The number of hydrogen-bond donors (Lipinski definition) is 0. The molecule has 0 aliphatic rings. The summed E-state index contributed by atoms with van der Waals surface area (Å²) in [5, 5.41) is 2.42. The highest BCUT2D eigenvalue weighted by Crippen LogP contribution is 2.44. The quantitative estimate of drug-likeness (QED) is 0.129. The molecular weight excluding hydrogens is 825 g/mol. The fraction of sp³-hybridized carbons (Fsp3) is 0.169. The summed E-state index contributed by atoms with van der Waals surface area (Å²) in [5.41, 5.74) is 18.2. The fourth-order valence-electron chi connectivity index (χ4n) is 9.95. The van der Waals surface area contributed by atoms with E-state index in [9.17, 15) is 0 Å². The van der Waals surface area contributed by atoms with Crippen LogP contribution in [0.25, 0.3) is 72.0 Å². The molecule has 3 nitrogen and oxygen atoms in total. The van der Waals surface area contributed by atoms with Gasteiger partial charge in [-0.1, -0.05) is 175 Å². The smallest absolute Gasteiger partial charge is 0.119 e. The Balaban J connectivity index is 0.992. The Morgan fingerprint density at radius 2 is 0.794 bits per heavy atom. The third kappa shape index (κ3) is 9.09. The van der Waals surface area contributed by atoms with Crippen molar-refractivity contribution in [1.82, 2.24) is 4.57 Å². The molecule has 1 atom stereocenters. The van der Waals surface area contributed by atoms with Crippen LogP contribution in [0.4, 0.5) is 17.1 Å². The predicted octanol–water partition coefficient (Wildman–Crippen LogP) is 18.5. The molecular formula is C65H60N2O. The van der Waals surface area contributed by atoms with Gasteiger partial charge in [-0.2, -0.15) is 0 Å². The summed E-state index contributed by atoms with van der Waals surface area (Å²) >= 11 is 0. The molecule has 0 bridgehead atoms. The minimum absolute atomic E-state index is 0.189. The summed E-state index contributed by atoms with van der Waals surface area (Å²) in [7, 11) is 1.72. The summed E-state index contributed by atoms with van der Waals surface area (Å²) < 4.78 is 7.93. The van der Waals surface area contributed by atoms with Gasteiger partial charge in [0, 0.05) is 33.5 Å². The van der Waals surface area contributed by atoms with Crippen LogP contribution in [0.1, 0.15) is 59.4 Å². The molecule has 0 saturated carbocycles. The molecule has 0 saturated heterocycles. The van der Waals surface area contributed by atoms with Crippen molar-refractivity contribution in [2.24, 2.45) is 10.8 Å². The fourth-order valence-corrected chi connectivity index (χ4v) is 9.95. The van der Waals surface area contributed by atoms with Gasteiger partial charge in [-0.25, -0.2) is 0 Å². The third-order valence-electron chi connectivity index (χ3n) is 13.5. The van der Waals surface area contributed by atoms with E-state index in [1.165, 1.54) is 55.3 Å². The van der Waals surface area contributed by atoms with Crippen molar-refractivity contribution in [1.29, 1.82) is 0 Å². The largest absolute Gasteiger partial charge is 0.497 e. The van der Waals surface area contributed by atoms with E-state index in [2.05, 4.69) is 257 Å². The van der Waals surface area contributed by atoms with Crippen molar-refractivity contribution in [3.05, 3.63) is 224 Å². The van der Waals surface area contributed by atoms with Gasteiger partial charge in [0.1, 0.15) is 5.75 Å². The summed E-state index contributed by atoms with van der Waals surface area (Å²) in [5.74, 6) is 1.33. The lowest BCUT2D eigenvalue weighted by molar-refractivity contribution is 0.229. The van der Waals surface area contributed by atoms with Gasteiger partial charge in [-0.15, -0.1) is 0 Å². The number of fused-ring (bicyclic) bond motifs is 3. The number of ether oxygens (including phenoxy) is 1.